The van der Waals surface area contributed by atoms with Gasteiger partial charge in [0, 0.05) is 24.4 Å². The highest BCUT2D eigenvalue weighted by Crippen LogP contribution is 2.36. The van der Waals surface area contributed by atoms with Gasteiger partial charge < -0.3 is 0 Å². The first-order valence-corrected chi connectivity index (χ1v) is 9.24. The summed E-state index contributed by atoms with van der Waals surface area (Å²) in [6.45, 7) is 14.3. The van der Waals surface area contributed by atoms with Crippen molar-refractivity contribution in [3.05, 3.63) is 0 Å². The molecule has 0 aliphatic carbocycles. The predicted octanol–water partition coefficient (Wildman–Crippen LogP) is 3.10. The largest absolute Gasteiger partial charge is 0.295 e. The predicted molar refractivity (Wildman–Crippen MR) is 82.2 cm³/mol. The zero-order valence-electron chi connectivity index (χ0n) is 13.7. The maximum Gasteiger partial charge on any atom is 0.150 e. The molecule has 0 amide bonds. The van der Waals surface area contributed by atoms with Gasteiger partial charge in [-0.25, -0.2) is 8.42 Å². The van der Waals surface area contributed by atoms with Crippen LogP contribution in [0.2, 0.25) is 0 Å². The third kappa shape index (κ3) is 4.45. The Bertz CT molecular complexity index is 377. The minimum absolute atomic E-state index is 0.0876. The molecule has 0 bridgehead atoms. The highest BCUT2D eigenvalue weighted by Gasteiger charge is 2.39. The minimum atomic E-state index is -2.91. The smallest absolute Gasteiger partial charge is 0.150 e. The van der Waals surface area contributed by atoms with Crippen molar-refractivity contribution in [1.29, 1.82) is 0 Å². The fourth-order valence-electron chi connectivity index (χ4n) is 3.21. The van der Waals surface area contributed by atoms with E-state index in [2.05, 4.69) is 46.4 Å². The van der Waals surface area contributed by atoms with Gasteiger partial charge in [0.15, 0.2) is 0 Å². The standard InChI is InChI=1S/C15H31NO2S/c1-14(2,3)13-9-8-12(19(7,17)18)10-11-16(13)15(4,5)6/h12-13H,8-11H2,1-7H3. The SMILES string of the molecule is CC(C)(C)C1CCC(S(C)(=O)=O)CCN1C(C)(C)C. The van der Waals surface area contributed by atoms with E-state index in [0.29, 0.717) is 6.04 Å². The van der Waals surface area contributed by atoms with Gasteiger partial charge in [-0.15, -0.1) is 0 Å². The molecule has 1 heterocycles. The van der Waals surface area contributed by atoms with Crippen LogP contribution in [-0.2, 0) is 9.84 Å². The van der Waals surface area contributed by atoms with Gasteiger partial charge in [-0.05, 0) is 45.4 Å². The molecule has 1 rings (SSSR count). The molecule has 1 aliphatic heterocycles. The third-order valence-electron chi connectivity index (χ3n) is 4.30. The van der Waals surface area contributed by atoms with Crippen molar-refractivity contribution in [2.45, 2.75) is 77.6 Å². The highest BCUT2D eigenvalue weighted by atomic mass is 32.2. The van der Waals surface area contributed by atoms with Crippen molar-refractivity contribution in [2.24, 2.45) is 5.41 Å². The van der Waals surface area contributed by atoms with Crippen molar-refractivity contribution in [3.63, 3.8) is 0 Å². The summed E-state index contributed by atoms with van der Waals surface area (Å²) in [6.07, 6.45) is 3.92. The molecule has 2 atom stereocenters. The first-order valence-electron chi connectivity index (χ1n) is 7.29. The topological polar surface area (TPSA) is 37.4 Å². The number of nitrogens with zero attached hydrogens (tertiary/aromatic N) is 1. The molecule has 0 N–H and O–H groups in total. The average Bonchev–Trinajstić information content (AvgIpc) is 2.35. The quantitative estimate of drug-likeness (QED) is 0.744. The van der Waals surface area contributed by atoms with E-state index in [4.69, 9.17) is 0 Å². The summed E-state index contributed by atoms with van der Waals surface area (Å²) < 4.78 is 23.7. The number of sulfone groups is 1. The van der Waals surface area contributed by atoms with E-state index in [-0.39, 0.29) is 16.2 Å². The second-order valence-corrected chi connectivity index (χ2v) is 10.4. The van der Waals surface area contributed by atoms with Gasteiger partial charge in [-0.2, -0.15) is 0 Å². The first-order chi connectivity index (χ1) is 8.33. The summed E-state index contributed by atoms with van der Waals surface area (Å²) >= 11 is 0. The second-order valence-electron chi connectivity index (χ2n) is 8.06. The molecule has 3 nitrogen and oxygen atoms in total. The first kappa shape index (κ1) is 17.0. The molecule has 0 spiro atoms. The molecule has 1 aliphatic rings. The summed E-state index contributed by atoms with van der Waals surface area (Å²) in [5.41, 5.74) is 0.268. The van der Waals surface area contributed by atoms with E-state index in [1.165, 1.54) is 6.26 Å². The van der Waals surface area contributed by atoms with Crippen LogP contribution >= 0.6 is 0 Å². The maximum atomic E-state index is 11.8. The molecule has 1 fully saturated rings. The van der Waals surface area contributed by atoms with Crippen molar-refractivity contribution in [2.75, 3.05) is 12.8 Å². The Kier molecular flexibility index (Phi) is 4.79. The Balaban J connectivity index is 3.03. The lowest BCUT2D eigenvalue weighted by atomic mass is 9.81. The lowest BCUT2D eigenvalue weighted by Gasteiger charge is -2.46. The number of rotatable bonds is 1. The average molecular weight is 289 g/mol. The second kappa shape index (κ2) is 5.36. The normalized spacial score (nSPS) is 28.2. The minimum Gasteiger partial charge on any atom is -0.295 e. The third-order valence-corrected chi connectivity index (χ3v) is 5.98. The van der Waals surface area contributed by atoms with Crippen molar-refractivity contribution < 1.29 is 8.42 Å². The summed E-state index contributed by atoms with van der Waals surface area (Å²) in [5, 5.41) is -0.162. The Morgan fingerprint density at radius 1 is 0.947 bits per heavy atom. The van der Waals surface area contributed by atoms with E-state index in [1.54, 1.807) is 0 Å². The van der Waals surface area contributed by atoms with Crippen LogP contribution in [0, 0.1) is 5.41 Å². The Morgan fingerprint density at radius 3 is 1.84 bits per heavy atom. The van der Waals surface area contributed by atoms with Gasteiger partial charge in [-0.3, -0.25) is 4.90 Å². The molecule has 1 saturated heterocycles. The highest BCUT2D eigenvalue weighted by molar-refractivity contribution is 7.91. The van der Waals surface area contributed by atoms with Crippen LogP contribution in [-0.4, -0.2) is 42.9 Å². The summed E-state index contributed by atoms with van der Waals surface area (Å²) in [4.78, 5) is 2.51. The number of hydrogen-bond donors (Lipinski definition) is 0. The fourth-order valence-corrected chi connectivity index (χ4v) is 4.31. The van der Waals surface area contributed by atoms with Crippen LogP contribution in [0.3, 0.4) is 0 Å². The molecule has 4 heteroatoms. The molecule has 0 aromatic rings. The van der Waals surface area contributed by atoms with Crippen LogP contribution in [0.15, 0.2) is 0 Å². The van der Waals surface area contributed by atoms with Crippen molar-refractivity contribution >= 4 is 9.84 Å². The van der Waals surface area contributed by atoms with Crippen LogP contribution in [0.4, 0.5) is 0 Å². The van der Waals surface area contributed by atoms with Crippen LogP contribution < -0.4 is 0 Å². The lowest BCUT2D eigenvalue weighted by Crippen LogP contribution is -2.52. The molecule has 0 aromatic carbocycles. The van der Waals surface area contributed by atoms with Crippen molar-refractivity contribution in [3.8, 4) is 0 Å². The number of hydrogen-bond acceptors (Lipinski definition) is 3. The molecule has 2 unspecified atom stereocenters. The number of likely N-dealkylation sites (tertiary alicyclic amines) is 1. The van der Waals surface area contributed by atoms with Crippen LogP contribution in [0.1, 0.15) is 60.8 Å². The molecular weight excluding hydrogens is 258 g/mol. The van der Waals surface area contributed by atoms with Gasteiger partial charge >= 0.3 is 0 Å². The van der Waals surface area contributed by atoms with Gasteiger partial charge in [0.25, 0.3) is 0 Å². The zero-order valence-corrected chi connectivity index (χ0v) is 14.5. The Morgan fingerprint density at radius 2 is 1.47 bits per heavy atom. The van der Waals surface area contributed by atoms with E-state index in [1.807, 2.05) is 0 Å². The monoisotopic (exact) mass is 289 g/mol. The summed E-state index contributed by atoms with van der Waals surface area (Å²) in [7, 11) is -2.91. The van der Waals surface area contributed by atoms with Crippen LogP contribution in [0.5, 0.6) is 0 Å². The molecule has 114 valence electrons. The summed E-state index contributed by atoms with van der Waals surface area (Å²) in [5.74, 6) is 0. The lowest BCUT2D eigenvalue weighted by molar-refractivity contribution is 0.0245. The molecule has 0 aromatic heterocycles. The molecule has 0 radical (unpaired) electrons. The fraction of sp³-hybridized carbons (Fsp3) is 1.00. The summed E-state index contributed by atoms with van der Waals surface area (Å²) in [6, 6.07) is 0.444. The van der Waals surface area contributed by atoms with E-state index in [9.17, 15) is 8.42 Å². The Hall–Kier alpha value is -0.0900. The Labute approximate surface area is 119 Å². The zero-order chi connectivity index (χ0) is 15.1. The molecule has 19 heavy (non-hydrogen) atoms. The molecular formula is C15H31NO2S. The van der Waals surface area contributed by atoms with E-state index >= 15 is 0 Å². The van der Waals surface area contributed by atoms with Crippen molar-refractivity contribution in [1.82, 2.24) is 4.90 Å². The molecule has 0 saturated carbocycles. The van der Waals surface area contributed by atoms with Gasteiger partial charge in [0.05, 0.1) is 5.25 Å². The van der Waals surface area contributed by atoms with Gasteiger partial charge in [0.1, 0.15) is 9.84 Å². The van der Waals surface area contributed by atoms with Crippen LogP contribution in [0.25, 0.3) is 0 Å². The maximum absolute atomic E-state index is 11.8. The van der Waals surface area contributed by atoms with E-state index in [0.717, 1.165) is 25.8 Å². The van der Waals surface area contributed by atoms with Gasteiger partial charge in [0.2, 0.25) is 0 Å². The van der Waals surface area contributed by atoms with Gasteiger partial charge in [-0.1, -0.05) is 20.8 Å². The van der Waals surface area contributed by atoms with E-state index < -0.39 is 9.84 Å².